The lowest BCUT2D eigenvalue weighted by molar-refractivity contribution is -0.384. The average Bonchev–Trinajstić information content (AvgIpc) is 3.08. The number of carbonyl (C=O) groups excluding carboxylic acids is 2. The molecule has 2 aromatic rings. The van der Waals surface area contributed by atoms with Gasteiger partial charge < -0.3 is 14.5 Å². The molecule has 1 atom stereocenters. The number of non-ortho nitro benzene ring substituents is 1. The highest BCUT2D eigenvalue weighted by Gasteiger charge is 2.19. The van der Waals surface area contributed by atoms with Crippen LogP contribution < -0.4 is 5.32 Å². The third-order valence-electron chi connectivity index (χ3n) is 3.01. The molecule has 0 bridgehead atoms. The van der Waals surface area contributed by atoms with Crippen LogP contribution in [0, 0.1) is 10.1 Å². The number of furan rings is 1. The molecule has 0 aliphatic rings. The van der Waals surface area contributed by atoms with Gasteiger partial charge in [0.05, 0.1) is 21.9 Å². The van der Waals surface area contributed by atoms with Gasteiger partial charge in [0.25, 0.3) is 11.6 Å². The van der Waals surface area contributed by atoms with E-state index >= 15 is 0 Å². The molecule has 0 spiro atoms. The molecule has 1 aromatic heterocycles. The predicted molar refractivity (Wildman–Crippen MR) is 90.0 cm³/mol. The number of amides is 1. The molecule has 0 saturated carbocycles. The number of hydrogen-bond acceptors (Lipinski definition) is 6. The van der Waals surface area contributed by atoms with E-state index in [-0.39, 0.29) is 16.4 Å². The van der Waals surface area contributed by atoms with Crippen LogP contribution in [0.15, 0.2) is 47.1 Å². The monoisotopic (exact) mass is 364 g/mol. The van der Waals surface area contributed by atoms with Crippen LogP contribution in [-0.2, 0) is 14.3 Å². The quantitative estimate of drug-likeness (QED) is 0.364. The lowest BCUT2D eigenvalue weighted by Crippen LogP contribution is -2.29. The Morgan fingerprint density at radius 3 is 2.80 bits per heavy atom. The van der Waals surface area contributed by atoms with E-state index in [4.69, 9.17) is 20.8 Å². The first kappa shape index (κ1) is 18.2. The highest BCUT2D eigenvalue weighted by atomic mass is 35.5. The van der Waals surface area contributed by atoms with Crippen LogP contribution in [0.5, 0.6) is 0 Å². The minimum atomic E-state index is -1.14. The Bertz CT molecular complexity index is 816. The number of nitro benzene ring substituents is 1. The number of rotatable bonds is 6. The van der Waals surface area contributed by atoms with E-state index in [1.807, 2.05) is 0 Å². The van der Waals surface area contributed by atoms with Gasteiger partial charge in [-0.2, -0.15) is 0 Å². The maximum absolute atomic E-state index is 12.1. The largest absolute Gasteiger partial charge is 0.465 e. The van der Waals surface area contributed by atoms with Crippen LogP contribution in [0.1, 0.15) is 12.7 Å². The molecular weight excluding hydrogens is 352 g/mol. The van der Waals surface area contributed by atoms with Crippen molar-refractivity contribution in [1.29, 1.82) is 0 Å². The molecule has 1 N–H and O–H groups in total. The van der Waals surface area contributed by atoms with E-state index in [2.05, 4.69) is 5.32 Å². The zero-order valence-corrected chi connectivity index (χ0v) is 13.7. The molecule has 25 heavy (non-hydrogen) atoms. The molecule has 0 radical (unpaired) electrons. The minimum Gasteiger partial charge on any atom is -0.465 e. The van der Waals surface area contributed by atoms with Crippen LogP contribution in [0.25, 0.3) is 6.08 Å². The summed E-state index contributed by atoms with van der Waals surface area (Å²) in [4.78, 5) is 33.9. The first-order valence-electron chi connectivity index (χ1n) is 7.04. The van der Waals surface area contributed by atoms with E-state index in [9.17, 15) is 19.7 Å². The van der Waals surface area contributed by atoms with Crippen LogP contribution in [0.4, 0.5) is 11.4 Å². The molecular formula is C16H13ClN2O6. The second-order valence-electron chi connectivity index (χ2n) is 4.84. The molecule has 0 aliphatic carbocycles. The highest BCUT2D eigenvalue weighted by molar-refractivity contribution is 6.33. The van der Waals surface area contributed by atoms with E-state index in [0.717, 1.165) is 12.1 Å². The fourth-order valence-corrected chi connectivity index (χ4v) is 1.93. The van der Waals surface area contributed by atoms with Crippen molar-refractivity contribution in [3.8, 4) is 0 Å². The Hall–Kier alpha value is -3.13. The van der Waals surface area contributed by atoms with Crippen LogP contribution in [0.3, 0.4) is 0 Å². The van der Waals surface area contributed by atoms with Crippen molar-refractivity contribution in [1.82, 2.24) is 0 Å². The molecule has 9 heteroatoms. The summed E-state index contributed by atoms with van der Waals surface area (Å²) in [5.74, 6) is -0.969. The van der Waals surface area contributed by atoms with Crippen molar-refractivity contribution < 1.29 is 23.7 Å². The van der Waals surface area contributed by atoms with Crippen molar-refractivity contribution in [3.63, 3.8) is 0 Å². The number of esters is 1. The number of nitro groups is 1. The summed E-state index contributed by atoms with van der Waals surface area (Å²) >= 11 is 5.90. The maximum atomic E-state index is 12.1. The van der Waals surface area contributed by atoms with Gasteiger partial charge in [0, 0.05) is 18.2 Å². The Kier molecular flexibility index (Phi) is 5.91. The second kappa shape index (κ2) is 8.11. The van der Waals surface area contributed by atoms with Gasteiger partial charge >= 0.3 is 5.97 Å². The molecule has 130 valence electrons. The van der Waals surface area contributed by atoms with Gasteiger partial charge in [-0.25, -0.2) is 4.79 Å². The van der Waals surface area contributed by atoms with Gasteiger partial charge in [-0.15, -0.1) is 0 Å². The number of nitrogens with zero attached hydrogens (tertiary/aromatic N) is 1. The van der Waals surface area contributed by atoms with Crippen molar-refractivity contribution in [3.05, 3.63) is 63.6 Å². The summed E-state index contributed by atoms with van der Waals surface area (Å²) in [5, 5.41) is 13.3. The molecule has 1 unspecified atom stereocenters. The van der Waals surface area contributed by atoms with E-state index < -0.39 is 22.9 Å². The number of nitrogens with one attached hydrogen (secondary N) is 1. The lowest BCUT2D eigenvalue weighted by Gasteiger charge is -2.13. The standard InChI is InChI=1S/C16H13ClN2O6/c1-10(25-15(20)7-5-12-3-2-8-24-12)16(21)18-14-9-11(19(22)23)4-6-13(14)17/h2-10H,1H3,(H,18,21)/b7-5+. The third-order valence-corrected chi connectivity index (χ3v) is 3.34. The Morgan fingerprint density at radius 2 is 2.16 bits per heavy atom. The normalized spacial score (nSPS) is 11.9. The minimum absolute atomic E-state index is 0.0508. The van der Waals surface area contributed by atoms with Crippen molar-refractivity contribution >= 4 is 40.9 Å². The molecule has 1 amide bonds. The van der Waals surface area contributed by atoms with Crippen LogP contribution in [-0.4, -0.2) is 22.9 Å². The van der Waals surface area contributed by atoms with E-state index in [1.54, 1.807) is 12.1 Å². The summed E-state index contributed by atoms with van der Waals surface area (Å²) in [6, 6.07) is 6.92. The maximum Gasteiger partial charge on any atom is 0.331 e. The fraction of sp³-hybridized carbons (Fsp3) is 0.125. The number of carbonyl (C=O) groups is 2. The first-order chi connectivity index (χ1) is 11.9. The zero-order chi connectivity index (χ0) is 18.4. The van der Waals surface area contributed by atoms with Crippen LogP contribution in [0.2, 0.25) is 5.02 Å². The smallest absolute Gasteiger partial charge is 0.331 e. The molecule has 1 heterocycles. The zero-order valence-electron chi connectivity index (χ0n) is 13.0. The first-order valence-corrected chi connectivity index (χ1v) is 7.41. The number of benzene rings is 1. The molecule has 1 aromatic carbocycles. The summed E-state index contributed by atoms with van der Waals surface area (Å²) < 4.78 is 9.96. The van der Waals surface area contributed by atoms with Crippen molar-refractivity contribution in [2.45, 2.75) is 13.0 Å². The number of ether oxygens (including phenoxy) is 1. The number of halogens is 1. The number of hydrogen-bond donors (Lipinski definition) is 1. The summed E-state index contributed by atoms with van der Waals surface area (Å²) in [6.45, 7) is 1.36. The predicted octanol–water partition coefficient (Wildman–Crippen LogP) is 3.42. The lowest BCUT2D eigenvalue weighted by atomic mass is 10.2. The highest BCUT2D eigenvalue weighted by Crippen LogP contribution is 2.26. The van der Waals surface area contributed by atoms with Gasteiger partial charge in [-0.1, -0.05) is 11.6 Å². The Morgan fingerprint density at radius 1 is 1.40 bits per heavy atom. The van der Waals surface area contributed by atoms with Crippen LogP contribution >= 0.6 is 11.6 Å². The second-order valence-corrected chi connectivity index (χ2v) is 5.25. The topological polar surface area (TPSA) is 112 Å². The summed E-state index contributed by atoms with van der Waals surface area (Å²) in [6.07, 6.45) is 2.82. The summed E-state index contributed by atoms with van der Waals surface area (Å²) in [5.41, 5.74) is -0.180. The van der Waals surface area contributed by atoms with Crippen molar-refractivity contribution in [2.75, 3.05) is 5.32 Å². The van der Waals surface area contributed by atoms with Gasteiger partial charge in [0.2, 0.25) is 0 Å². The molecule has 2 rings (SSSR count). The molecule has 0 aliphatic heterocycles. The summed E-state index contributed by atoms with van der Waals surface area (Å²) in [7, 11) is 0. The van der Waals surface area contributed by atoms with Gasteiger partial charge in [0.1, 0.15) is 5.76 Å². The molecule has 8 nitrogen and oxygen atoms in total. The SMILES string of the molecule is CC(OC(=O)/C=C/c1ccco1)C(=O)Nc1cc([N+](=O)[O-])ccc1Cl. The van der Waals surface area contributed by atoms with Gasteiger partial charge in [-0.3, -0.25) is 14.9 Å². The van der Waals surface area contributed by atoms with E-state index in [1.165, 1.54) is 31.4 Å². The van der Waals surface area contributed by atoms with Crippen molar-refractivity contribution in [2.24, 2.45) is 0 Å². The molecule has 0 saturated heterocycles. The van der Waals surface area contributed by atoms with Gasteiger partial charge in [0.15, 0.2) is 6.10 Å². The number of anilines is 1. The fourth-order valence-electron chi connectivity index (χ4n) is 1.76. The molecule has 0 fully saturated rings. The van der Waals surface area contributed by atoms with E-state index in [0.29, 0.717) is 5.76 Å². The van der Waals surface area contributed by atoms with Gasteiger partial charge in [-0.05, 0) is 31.2 Å². The third kappa shape index (κ3) is 5.18. The Labute approximate surface area is 147 Å². The average molecular weight is 365 g/mol. The Balaban J connectivity index is 1.97.